The molecule has 9 heteroatoms. The molecule has 0 unspecified atom stereocenters. The molecule has 2 aromatic rings. The first-order chi connectivity index (χ1) is 12.6. The van der Waals surface area contributed by atoms with Crippen LogP contribution in [0.3, 0.4) is 0 Å². The number of carbonyl (C=O) groups is 1. The molecule has 1 aromatic heterocycles. The van der Waals surface area contributed by atoms with Crippen molar-refractivity contribution < 1.29 is 4.79 Å². The van der Waals surface area contributed by atoms with Gasteiger partial charge in [-0.1, -0.05) is 12.1 Å². The molecule has 1 saturated heterocycles. The molecule has 8 nitrogen and oxygen atoms in total. The largest absolute Gasteiger partial charge is 0.356 e. The zero-order chi connectivity index (χ0) is 18.4. The molecule has 0 atom stereocenters. The minimum Gasteiger partial charge on any atom is -0.356 e. The number of piperazine rings is 1. The average molecular weight is 396 g/mol. The molecular weight excluding hydrogens is 370 g/mol. The molecule has 1 aliphatic heterocycles. The molecule has 0 aliphatic carbocycles. The van der Waals surface area contributed by atoms with E-state index in [4.69, 9.17) is 0 Å². The number of aryl methyl sites for hydroxylation is 1. The number of fused-ring (bicyclic) bond motifs is 1. The van der Waals surface area contributed by atoms with Crippen LogP contribution in [0.15, 0.2) is 33.9 Å². The molecule has 27 heavy (non-hydrogen) atoms. The molecule has 0 saturated carbocycles. The van der Waals surface area contributed by atoms with E-state index in [1.807, 2.05) is 0 Å². The zero-order valence-electron chi connectivity index (χ0n) is 15.2. The lowest BCUT2D eigenvalue weighted by Crippen LogP contribution is -2.44. The fourth-order valence-corrected chi connectivity index (χ4v) is 3.23. The summed E-state index contributed by atoms with van der Waals surface area (Å²) in [5, 5.41) is 6.67. The van der Waals surface area contributed by atoms with Gasteiger partial charge in [-0.2, -0.15) is 0 Å². The highest BCUT2D eigenvalue weighted by molar-refractivity contribution is 5.85. The minimum absolute atomic E-state index is 0. The summed E-state index contributed by atoms with van der Waals surface area (Å²) < 4.78 is 1.44. The lowest BCUT2D eigenvalue weighted by molar-refractivity contribution is -0.121. The molecule has 1 aliphatic rings. The number of hydrogen-bond donors (Lipinski definition) is 3. The number of aromatic amines is 1. The molecular formula is C18H26ClN5O3. The molecule has 148 valence electrons. The molecule has 1 aromatic carbocycles. The Labute approximate surface area is 163 Å². The van der Waals surface area contributed by atoms with Gasteiger partial charge in [0.05, 0.1) is 10.9 Å². The van der Waals surface area contributed by atoms with Gasteiger partial charge >= 0.3 is 5.69 Å². The topological polar surface area (TPSA) is 99.2 Å². The van der Waals surface area contributed by atoms with Crippen LogP contribution in [-0.2, 0) is 11.3 Å². The van der Waals surface area contributed by atoms with Gasteiger partial charge in [0, 0.05) is 45.7 Å². The first kappa shape index (κ1) is 21.1. The number of nitrogens with zero attached hydrogens (tertiary/aromatic N) is 2. The van der Waals surface area contributed by atoms with E-state index in [-0.39, 0.29) is 31.3 Å². The molecule has 3 rings (SSSR count). The summed E-state index contributed by atoms with van der Waals surface area (Å²) >= 11 is 0. The van der Waals surface area contributed by atoms with Gasteiger partial charge in [0.15, 0.2) is 0 Å². The van der Waals surface area contributed by atoms with E-state index in [1.165, 1.54) is 4.57 Å². The van der Waals surface area contributed by atoms with E-state index in [0.717, 1.165) is 39.1 Å². The summed E-state index contributed by atoms with van der Waals surface area (Å²) in [6.45, 7) is 5.99. The molecule has 0 bridgehead atoms. The van der Waals surface area contributed by atoms with Crippen molar-refractivity contribution in [3.05, 3.63) is 45.1 Å². The van der Waals surface area contributed by atoms with Crippen molar-refractivity contribution >= 4 is 29.2 Å². The van der Waals surface area contributed by atoms with Gasteiger partial charge in [-0.25, -0.2) is 4.79 Å². The maximum atomic E-state index is 12.1. The van der Waals surface area contributed by atoms with Crippen LogP contribution in [-0.4, -0.2) is 59.6 Å². The van der Waals surface area contributed by atoms with Crippen molar-refractivity contribution in [2.24, 2.45) is 0 Å². The highest BCUT2D eigenvalue weighted by Crippen LogP contribution is 2.07. The summed E-state index contributed by atoms with van der Waals surface area (Å²) in [6.07, 6.45) is 1.11. The first-order valence-electron chi connectivity index (χ1n) is 9.07. The second-order valence-corrected chi connectivity index (χ2v) is 6.47. The van der Waals surface area contributed by atoms with Gasteiger partial charge in [0.1, 0.15) is 0 Å². The highest BCUT2D eigenvalue weighted by Gasteiger charge is 2.10. The van der Waals surface area contributed by atoms with Crippen LogP contribution in [0.2, 0.25) is 0 Å². The summed E-state index contributed by atoms with van der Waals surface area (Å²) in [5.74, 6) is -0.0903. The van der Waals surface area contributed by atoms with E-state index in [0.29, 0.717) is 17.4 Å². The smallest absolute Gasteiger partial charge is 0.328 e. The number of aromatic nitrogens is 2. The molecule has 1 fully saturated rings. The summed E-state index contributed by atoms with van der Waals surface area (Å²) in [5.41, 5.74) is -0.341. The lowest BCUT2D eigenvalue weighted by Gasteiger charge is -2.27. The predicted molar refractivity (Wildman–Crippen MR) is 108 cm³/mol. The van der Waals surface area contributed by atoms with Crippen LogP contribution in [0.1, 0.15) is 12.8 Å². The number of amides is 1. The SMILES string of the molecule is Cl.O=C(CCn1c(=O)[nH]c(=O)c2ccccc21)NCCCN1CCNCC1. The van der Waals surface area contributed by atoms with Gasteiger partial charge in [-0.3, -0.25) is 19.1 Å². The third kappa shape index (κ3) is 5.66. The predicted octanol–water partition coefficient (Wildman–Crippen LogP) is -0.0868. The number of nitrogens with one attached hydrogen (secondary N) is 3. The maximum Gasteiger partial charge on any atom is 0.328 e. The van der Waals surface area contributed by atoms with Crippen molar-refractivity contribution in [2.45, 2.75) is 19.4 Å². The Bertz CT molecular complexity index is 873. The second-order valence-electron chi connectivity index (χ2n) is 6.47. The van der Waals surface area contributed by atoms with E-state index in [2.05, 4.69) is 20.5 Å². The Kier molecular flexibility index (Phi) is 8.02. The highest BCUT2D eigenvalue weighted by atomic mass is 35.5. The number of para-hydroxylation sites is 1. The molecule has 1 amide bonds. The fraction of sp³-hybridized carbons (Fsp3) is 0.500. The van der Waals surface area contributed by atoms with Crippen molar-refractivity contribution in [1.29, 1.82) is 0 Å². The normalized spacial score (nSPS) is 14.7. The Morgan fingerprint density at radius 3 is 2.63 bits per heavy atom. The molecule has 3 N–H and O–H groups in total. The van der Waals surface area contributed by atoms with E-state index in [1.54, 1.807) is 24.3 Å². The van der Waals surface area contributed by atoms with Crippen LogP contribution < -0.4 is 21.9 Å². The Morgan fingerprint density at radius 2 is 1.85 bits per heavy atom. The standard InChI is InChI=1S/C18H25N5O3.ClH/c24-16(20-7-3-10-22-12-8-19-9-13-22)6-11-23-15-5-2-1-4-14(15)17(25)21-18(23)26;/h1-2,4-5,19H,3,6-13H2,(H,20,24)(H,21,25,26);1H. The number of rotatable bonds is 7. The monoisotopic (exact) mass is 395 g/mol. The van der Waals surface area contributed by atoms with Gasteiger partial charge in [-0.05, 0) is 25.1 Å². The van der Waals surface area contributed by atoms with Crippen LogP contribution in [0.5, 0.6) is 0 Å². The first-order valence-corrected chi connectivity index (χ1v) is 9.07. The molecule has 2 heterocycles. The van der Waals surface area contributed by atoms with Crippen molar-refractivity contribution in [3.63, 3.8) is 0 Å². The van der Waals surface area contributed by atoms with Crippen LogP contribution in [0.4, 0.5) is 0 Å². The van der Waals surface area contributed by atoms with E-state index < -0.39 is 11.2 Å². The number of H-pyrrole nitrogens is 1. The number of hydrogen-bond acceptors (Lipinski definition) is 5. The number of carbonyl (C=O) groups excluding carboxylic acids is 1. The van der Waals surface area contributed by atoms with Gasteiger partial charge in [-0.15, -0.1) is 12.4 Å². The van der Waals surface area contributed by atoms with E-state index >= 15 is 0 Å². The second kappa shape index (κ2) is 10.2. The van der Waals surface area contributed by atoms with Crippen molar-refractivity contribution in [3.8, 4) is 0 Å². The summed E-state index contributed by atoms with van der Waals surface area (Å²) in [7, 11) is 0. The van der Waals surface area contributed by atoms with Crippen molar-refractivity contribution in [1.82, 2.24) is 25.1 Å². The maximum absolute atomic E-state index is 12.1. The third-order valence-electron chi connectivity index (χ3n) is 4.65. The summed E-state index contributed by atoms with van der Waals surface area (Å²) in [6, 6.07) is 6.91. The average Bonchev–Trinajstić information content (AvgIpc) is 2.66. The van der Waals surface area contributed by atoms with E-state index in [9.17, 15) is 14.4 Å². The molecule has 0 spiro atoms. The number of benzene rings is 1. The van der Waals surface area contributed by atoms with Crippen LogP contribution in [0.25, 0.3) is 10.9 Å². The summed E-state index contributed by atoms with van der Waals surface area (Å²) in [4.78, 5) is 40.7. The van der Waals surface area contributed by atoms with Crippen molar-refractivity contribution in [2.75, 3.05) is 39.3 Å². The fourth-order valence-electron chi connectivity index (χ4n) is 3.23. The molecule has 0 radical (unpaired) electrons. The third-order valence-corrected chi connectivity index (χ3v) is 4.65. The minimum atomic E-state index is -0.486. The van der Waals surface area contributed by atoms with Gasteiger partial charge in [0.25, 0.3) is 5.56 Å². The zero-order valence-corrected chi connectivity index (χ0v) is 16.0. The Morgan fingerprint density at radius 1 is 1.11 bits per heavy atom. The van der Waals surface area contributed by atoms with Gasteiger partial charge < -0.3 is 15.5 Å². The van der Waals surface area contributed by atoms with Crippen LogP contribution in [0, 0.1) is 0 Å². The number of halogens is 1. The van der Waals surface area contributed by atoms with Crippen LogP contribution >= 0.6 is 12.4 Å². The Hall–Kier alpha value is -2.16. The quantitative estimate of drug-likeness (QED) is 0.569. The Balaban J connectivity index is 0.00000261. The van der Waals surface area contributed by atoms with Gasteiger partial charge in [0.2, 0.25) is 5.91 Å². The lowest BCUT2D eigenvalue weighted by atomic mass is 10.2.